The molecule has 0 atom stereocenters. The highest BCUT2D eigenvalue weighted by Gasteiger charge is 2.24. The van der Waals surface area contributed by atoms with Crippen molar-refractivity contribution < 1.29 is 14.6 Å². The van der Waals surface area contributed by atoms with Crippen LogP contribution >= 0.6 is 0 Å². The zero-order valence-electron chi connectivity index (χ0n) is 11.8. The van der Waals surface area contributed by atoms with Crippen LogP contribution in [0.5, 0.6) is 0 Å². The summed E-state index contributed by atoms with van der Waals surface area (Å²) in [7, 11) is 0. The monoisotopic (exact) mass is 289 g/mol. The van der Waals surface area contributed by atoms with Gasteiger partial charge in [0.05, 0.1) is 36.7 Å². The SMILES string of the molecule is O=C(c1ccc2nc[nH]c2c1)N1CCC(OCCO)CC1. The molecule has 1 aliphatic rings. The third-order valence-corrected chi connectivity index (χ3v) is 3.84. The van der Waals surface area contributed by atoms with Crippen LogP contribution in [-0.4, -0.2) is 58.3 Å². The molecule has 2 N–H and O–H groups in total. The number of imidazole rings is 1. The molecule has 1 amide bonds. The highest BCUT2D eigenvalue weighted by atomic mass is 16.5. The average Bonchev–Trinajstić information content (AvgIpc) is 3.00. The predicted octanol–water partition coefficient (Wildman–Crippen LogP) is 1.18. The van der Waals surface area contributed by atoms with E-state index in [1.807, 2.05) is 23.1 Å². The molecule has 0 radical (unpaired) electrons. The first-order valence-electron chi connectivity index (χ1n) is 7.23. The molecule has 2 aromatic rings. The number of aromatic amines is 1. The van der Waals surface area contributed by atoms with Crippen LogP contribution in [-0.2, 0) is 4.74 Å². The highest BCUT2D eigenvalue weighted by Crippen LogP contribution is 2.18. The molecule has 112 valence electrons. The van der Waals surface area contributed by atoms with Crippen molar-refractivity contribution in [3.05, 3.63) is 30.1 Å². The van der Waals surface area contributed by atoms with Crippen LogP contribution in [0, 0.1) is 0 Å². The second-order valence-corrected chi connectivity index (χ2v) is 5.22. The third-order valence-electron chi connectivity index (χ3n) is 3.84. The van der Waals surface area contributed by atoms with Gasteiger partial charge in [-0.2, -0.15) is 0 Å². The number of benzene rings is 1. The minimum absolute atomic E-state index is 0.0450. The summed E-state index contributed by atoms with van der Waals surface area (Å²) >= 11 is 0. The number of aliphatic hydroxyl groups is 1. The van der Waals surface area contributed by atoms with Crippen LogP contribution in [0.15, 0.2) is 24.5 Å². The maximum absolute atomic E-state index is 12.5. The Morgan fingerprint density at radius 1 is 1.43 bits per heavy atom. The number of aliphatic hydroxyl groups excluding tert-OH is 1. The van der Waals surface area contributed by atoms with Gasteiger partial charge >= 0.3 is 0 Å². The molecule has 0 unspecified atom stereocenters. The summed E-state index contributed by atoms with van der Waals surface area (Å²) in [6, 6.07) is 5.52. The van der Waals surface area contributed by atoms with E-state index in [4.69, 9.17) is 9.84 Å². The number of aromatic nitrogens is 2. The summed E-state index contributed by atoms with van der Waals surface area (Å²) in [5.74, 6) is 0.0482. The number of amides is 1. The van der Waals surface area contributed by atoms with Crippen molar-refractivity contribution in [2.75, 3.05) is 26.3 Å². The Hall–Kier alpha value is -1.92. The average molecular weight is 289 g/mol. The minimum Gasteiger partial charge on any atom is -0.394 e. The number of nitrogens with zero attached hydrogens (tertiary/aromatic N) is 2. The first-order chi connectivity index (χ1) is 10.3. The minimum atomic E-state index is 0.0450. The van der Waals surface area contributed by atoms with Crippen molar-refractivity contribution in [2.24, 2.45) is 0 Å². The lowest BCUT2D eigenvalue weighted by Gasteiger charge is -2.32. The maximum Gasteiger partial charge on any atom is 0.253 e. The summed E-state index contributed by atoms with van der Waals surface area (Å²) in [5.41, 5.74) is 2.42. The van der Waals surface area contributed by atoms with Gasteiger partial charge < -0.3 is 19.7 Å². The summed E-state index contributed by atoms with van der Waals surface area (Å²) in [5, 5.41) is 8.76. The molecule has 1 aromatic carbocycles. The number of rotatable bonds is 4. The number of hydrogen-bond acceptors (Lipinski definition) is 4. The van der Waals surface area contributed by atoms with Crippen LogP contribution in [0.25, 0.3) is 11.0 Å². The fraction of sp³-hybridized carbons (Fsp3) is 0.467. The molecule has 1 aromatic heterocycles. The molecule has 0 bridgehead atoms. The Kier molecular flexibility index (Phi) is 4.17. The molecule has 6 heteroatoms. The van der Waals surface area contributed by atoms with E-state index in [1.54, 1.807) is 6.33 Å². The Labute approximate surface area is 122 Å². The molecule has 3 rings (SSSR count). The van der Waals surface area contributed by atoms with Gasteiger partial charge in [-0.05, 0) is 31.0 Å². The Balaban J connectivity index is 1.63. The number of H-pyrrole nitrogens is 1. The molecule has 21 heavy (non-hydrogen) atoms. The smallest absolute Gasteiger partial charge is 0.253 e. The lowest BCUT2D eigenvalue weighted by atomic mass is 10.1. The maximum atomic E-state index is 12.5. The van der Waals surface area contributed by atoms with E-state index in [2.05, 4.69) is 9.97 Å². The van der Waals surface area contributed by atoms with Gasteiger partial charge in [-0.15, -0.1) is 0 Å². The largest absolute Gasteiger partial charge is 0.394 e. The van der Waals surface area contributed by atoms with Crippen LogP contribution in [0.3, 0.4) is 0 Å². The Morgan fingerprint density at radius 3 is 3.00 bits per heavy atom. The van der Waals surface area contributed by atoms with Crippen LogP contribution in [0.2, 0.25) is 0 Å². The van der Waals surface area contributed by atoms with Crippen LogP contribution in [0.1, 0.15) is 23.2 Å². The van der Waals surface area contributed by atoms with Crippen molar-refractivity contribution in [1.82, 2.24) is 14.9 Å². The lowest BCUT2D eigenvalue weighted by molar-refractivity contribution is -0.00553. The second kappa shape index (κ2) is 6.24. The molecule has 1 aliphatic heterocycles. The predicted molar refractivity (Wildman–Crippen MR) is 78.1 cm³/mol. The van der Waals surface area contributed by atoms with E-state index in [9.17, 15) is 4.79 Å². The van der Waals surface area contributed by atoms with Gasteiger partial charge in [-0.1, -0.05) is 0 Å². The van der Waals surface area contributed by atoms with E-state index >= 15 is 0 Å². The van der Waals surface area contributed by atoms with Crippen molar-refractivity contribution >= 4 is 16.9 Å². The van der Waals surface area contributed by atoms with Crippen LogP contribution in [0.4, 0.5) is 0 Å². The normalized spacial score (nSPS) is 16.5. The van der Waals surface area contributed by atoms with E-state index in [1.165, 1.54) is 0 Å². The third kappa shape index (κ3) is 3.06. The summed E-state index contributed by atoms with van der Waals surface area (Å²) in [6.07, 6.45) is 3.41. The summed E-state index contributed by atoms with van der Waals surface area (Å²) in [4.78, 5) is 21.5. The van der Waals surface area contributed by atoms with Gasteiger partial charge in [0.15, 0.2) is 0 Å². The first kappa shape index (κ1) is 14.0. The molecular formula is C15H19N3O3. The molecule has 0 saturated carbocycles. The van der Waals surface area contributed by atoms with E-state index in [-0.39, 0.29) is 18.6 Å². The Bertz CT molecular complexity index is 617. The zero-order chi connectivity index (χ0) is 14.7. The zero-order valence-corrected chi connectivity index (χ0v) is 11.8. The van der Waals surface area contributed by atoms with Crippen molar-refractivity contribution in [3.8, 4) is 0 Å². The number of carbonyl (C=O) groups is 1. The fourth-order valence-corrected chi connectivity index (χ4v) is 2.70. The molecule has 6 nitrogen and oxygen atoms in total. The van der Waals surface area contributed by atoms with Crippen molar-refractivity contribution in [1.29, 1.82) is 0 Å². The van der Waals surface area contributed by atoms with Gasteiger partial charge in [-0.3, -0.25) is 4.79 Å². The van der Waals surface area contributed by atoms with Crippen molar-refractivity contribution in [2.45, 2.75) is 18.9 Å². The van der Waals surface area contributed by atoms with E-state index < -0.39 is 0 Å². The van der Waals surface area contributed by atoms with Crippen LogP contribution < -0.4 is 0 Å². The molecule has 0 spiro atoms. The van der Waals surface area contributed by atoms with Gasteiger partial charge in [0.25, 0.3) is 5.91 Å². The second-order valence-electron chi connectivity index (χ2n) is 5.22. The number of likely N-dealkylation sites (tertiary alicyclic amines) is 1. The van der Waals surface area contributed by atoms with Gasteiger partial charge in [0.2, 0.25) is 0 Å². The molecule has 2 heterocycles. The summed E-state index contributed by atoms with van der Waals surface area (Å²) in [6.45, 7) is 1.80. The van der Waals surface area contributed by atoms with E-state index in [0.717, 1.165) is 23.9 Å². The van der Waals surface area contributed by atoms with Gasteiger partial charge in [0, 0.05) is 18.7 Å². The van der Waals surface area contributed by atoms with E-state index in [0.29, 0.717) is 25.3 Å². The number of fused-ring (bicyclic) bond motifs is 1. The number of carbonyl (C=O) groups excluding carboxylic acids is 1. The van der Waals surface area contributed by atoms with Crippen molar-refractivity contribution in [3.63, 3.8) is 0 Å². The molecular weight excluding hydrogens is 270 g/mol. The first-order valence-corrected chi connectivity index (χ1v) is 7.23. The van der Waals surface area contributed by atoms with Gasteiger partial charge in [-0.25, -0.2) is 4.98 Å². The quantitative estimate of drug-likeness (QED) is 0.886. The number of piperidine rings is 1. The number of ether oxygens (including phenoxy) is 1. The topological polar surface area (TPSA) is 78.5 Å². The molecule has 1 saturated heterocycles. The summed E-state index contributed by atoms with van der Waals surface area (Å²) < 4.78 is 5.51. The standard InChI is InChI=1S/C15H19N3O3/c19-7-8-21-12-3-5-18(6-4-12)15(20)11-1-2-13-14(9-11)17-10-16-13/h1-2,9-10,12,19H,3-8H2,(H,16,17). The van der Waals surface area contributed by atoms with Gasteiger partial charge in [0.1, 0.15) is 0 Å². The lowest BCUT2D eigenvalue weighted by Crippen LogP contribution is -2.41. The Morgan fingerprint density at radius 2 is 2.24 bits per heavy atom. The highest BCUT2D eigenvalue weighted by molar-refractivity contribution is 5.97. The fourth-order valence-electron chi connectivity index (χ4n) is 2.70. The number of nitrogens with one attached hydrogen (secondary N) is 1. The molecule has 1 fully saturated rings. The molecule has 0 aliphatic carbocycles. The number of hydrogen-bond donors (Lipinski definition) is 2.